The van der Waals surface area contributed by atoms with E-state index in [4.69, 9.17) is 4.74 Å². The summed E-state index contributed by atoms with van der Waals surface area (Å²) in [5, 5.41) is 3.28. The lowest BCUT2D eigenvalue weighted by Gasteiger charge is -2.37. The molecule has 21 heavy (non-hydrogen) atoms. The highest BCUT2D eigenvalue weighted by Crippen LogP contribution is 2.41. The van der Waals surface area contributed by atoms with Gasteiger partial charge in [-0.2, -0.15) is 0 Å². The number of ether oxygens (including phenoxy) is 1. The fourth-order valence-corrected chi connectivity index (χ4v) is 2.91. The third-order valence-electron chi connectivity index (χ3n) is 4.30. The first-order valence-electron chi connectivity index (χ1n) is 7.84. The normalized spacial score (nSPS) is 17.1. The van der Waals surface area contributed by atoms with Crippen molar-refractivity contribution in [3.8, 4) is 0 Å². The lowest BCUT2D eigenvalue weighted by Crippen LogP contribution is -2.60. The van der Waals surface area contributed by atoms with Crippen molar-refractivity contribution in [2.24, 2.45) is 5.92 Å². The Morgan fingerprint density at radius 1 is 1.33 bits per heavy atom. The number of nitrogens with zero attached hydrogens (tertiary/aromatic N) is 1. The zero-order chi connectivity index (χ0) is 15.3. The Morgan fingerprint density at radius 2 is 2.00 bits per heavy atom. The summed E-state index contributed by atoms with van der Waals surface area (Å²) in [5.41, 5.74) is 0.548. The Bertz CT molecular complexity index is 459. The lowest BCUT2D eigenvalue weighted by atomic mass is 9.92. The Balaban J connectivity index is 2.23. The van der Waals surface area contributed by atoms with Gasteiger partial charge >= 0.3 is 5.97 Å². The fraction of sp³-hybridized carbons (Fsp3) is 0.588. The third-order valence-corrected chi connectivity index (χ3v) is 4.30. The number of nitrogens with one attached hydrogen (secondary N) is 1. The van der Waals surface area contributed by atoms with Crippen LogP contribution in [0.15, 0.2) is 30.3 Å². The fourth-order valence-electron chi connectivity index (χ4n) is 2.91. The smallest absolute Gasteiger partial charge is 0.328 e. The predicted octanol–water partition coefficient (Wildman–Crippen LogP) is 2.44. The number of likely N-dealkylation sites (N-methyl/N-ethyl adjacent to an activating group) is 2. The summed E-state index contributed by atoms with van der Waals surface area (Å²) >= 11 is 0. The zero-order valence-corrected chi connectivity index (χ0v) is 13.3. The van der Waals surface area contributed by atoms with Crippen molar-refractivity contribution in [3.05, 3.63) is 30.3 Å². The number of para-hydroxylation sites is 1. The van der Waals surface area contributed by atoms with E-state index in [1.54, 1.807) is 0 Å². The van der Waals surface area contributed by atoms with Gasteiger partial charge < -0.3 is 15.0 Å². The Morgan fingerprint density at radius 3 is 2.48 bits per heavy atom. The molecule has 4 nitrogen and oxygen atoms in total. The summed E-state index contributed by atoms with van der Waals surface area (Å²) in [6.45, 7) is 5.91. The first kappa shape index (κ1) is 15.8. The number of anilines is 1. The molecule has 116 valence electrons. The van der Waals surface area contributed by atoms with Crippen LogP contribution in [0.4, 0.5) is 5.69 Å². The molecule has 0 amide bonds. The van der Waals surface area contributed by atoms with Crippen molar-refractivity contribution >= 4 is 11.7 Å². The average molecular weight is 290 g/mol. The molecule has 1 unspecified atom stereocenters. The highest BCUT2D eigenvalue weighted by atomic mass is 16.5. The van der Waals surface area contributed by atoms with E-state index in [-0.39, 0.29) is 5.97 Å². The van der Waals surface area contributed by atoms with Crippen molar-refractivity contribution in [2.75, 3.05) is 31.6 Å². The average Bonchev–Trinajstić information content (AvgIpc) is 3.35. The van der Waals surface area contributed by atoms with Crippen LogP contribution in [0, 0.1) is 5.92 Å². The minimum absolute atomic E-state index is 0.121. The Hall–Kier alpha value is -1.55. The van der Waals surface area contributed by atoms with E-state index in [2.05, 4.69) is 29.3 Å². The monoisotopic (exact) mass is 290 g/mol. The number of benzene rings is 1. The van der Waals surface area contributed by atoms with Crippen LogP contribution in [0.5, 0.6) is 0 Å². The van der Waals surface area contributed by atoms with Crippen LogP contribution in [-0.2, 0) is 9.53 Å². The standard InChI is InChI=1S/C17H26N2O2/c1-4-19(15-9-7-6-8-10-15)13-17(18-3,14-11-12-14)16(20)21-5-2/h6-10,14,18H,4-5,11-13H2,1-3H3. The Kier molecular flexibility index (Phi) is 5.23. The number of esters is 1. The molecule has 0 aliphatic heterocycles. The summed E-state index contributed by atoms with van der Waals surface area (Å²) in [4.78, 5) is 14.8. The molecular formula is C17H26N2O2. The highest BCUT2D eigenvalue weighted by molar-refractivity contribution is 5.83. The SMILES string of the molecule is CCOC(=O)C(CN(CC)c1ccccc1)(NC)C1CC1. The maximum Gasteiger partial charge on any atom is 0.328 e. The summed E-state index contributed by atoms with van der Waals surface area (Å²) in [7, 11) is 1.87. The first-order chi connectivity index (χ1) is 10.2. The minimum atomic E-state index is -0.595. The van der Waals surface area contributed by atoms with Gasteiger partial charge in [-0.3, -0.25) is 0 Å². The first-order valence-corrected chi connectivity index (χ1v) is 7.84. The van der Waals surface area contributed by atoms with Crippen LogP contribution >= 0.6 is 0 Å². The van der Waals surface area contributed by atoms with Gasteiger partial charge in [0, 0.05) is 18.8 Å². The van der Waals surface area contributed by atoms with Crippen LogP contribution in [0.2, 0.25) is 0 Å². The van der Waals surface area contributed by atoms with Crippen molar-refractivity contribution in [1.29, 1.82) is 0 Å². The van der Waals surface area contributed by atoms with Crippen LogP contribution in [0.25, 0.3) is 0 Å². The van der Waals surface area contributed by atoms with E-state index < -0.39 is 5.54 Å². The molecule has 0 spiro atoms. The molecule has 1 fully saturated rings. The van der Waals surface area contributed by atoms with E-state index in [9.17, 15) is 4.79 Å². The molecule has 1 saturated carbocycles. The molecule has 1 aliphatic rings. The maximum atomic E-state index is 12.5. The van der Waals surface area contributed by atoms with Crippen molar-refractivity contribution < 1.29 is 9.53 Å². The molecule has 0 aromatic heterocycles. The van der Waals surface area contributed by atoms with Gasteiger partial charge in [-0.15, -0.1) is 0 Å². The summed E-state index contributed by atoms with van der Waals surface area (Å²) in [6.07, 6.45) is 2.18. The third kappa shape index (κ3) is 3.38. The quantitative estimate of drug-likeness (QED) is 0.747. The maximum absolute atomic E-state index is 12.5. The molecule has 0 bridgehead atoms. The van der Waals surface area contributed by atoms with E-state index >= 15 is 0 Å². The predicted molar refractivity (Wildman–Crippen MR) is 85.5 cm³/mol. The van der Waals surface area contributed by atoms with Crippen LogP contribution in [0.1, 0.15) is 26.7 Å². The van der Waals surface area contributed by atoms with Gasteiger partial charge in [0.1, 0.15) is 5.54 Å². The van der Waals surface area contributed by atoms with E-state index in [1.165, 1.54) is 0 Å². The molecule has 1 N–H and O–H groups in total. The van der Waals surface area contributed by atoms with E-state index in [1.807, 2.05) is 32.2 Å². The molecule has 2 rings (SSSR count). The van der Waals surface area contributed by atoms with Crippen molar-refractivity contribution in [1.82, 2.24) is 5.32 Å². The molecule has 1 aromatic rings. The second-order valence-electron chi connectivity index (χ2n) is 5.57. The van der Waals surface area contributed by atoms with Crippen molar-refractivity contribution in [3.63, 3.8) is 0 Å². The molecule has 1 aromatic carbocycles. The molecule has 1 aliphatic carbocycles. The van der Waals surface area contributed by atoms with Crippen LogP contribution < -0.4 is 10.2 Å². The second kappa shape index (κ2) is 6.94. The van der Waals surface area contributed by atoms with Crippen molar-refractivity contribution in [2.45, 2.75) is 32.2 Å². The van der Waals surface area contributed by atoms with Crippen LogP contribution in [-0.4, -0.2) is 38.3 Å². The number of carbonyl (C=O) groups is 1. The number of hydrogen-bond donors (Lipinski definition) is 1. The Labute approximate surface area is 127 Å². The second-order valence-corrected chi connectivity index (χ2v) is 5.57. The van der Waals surface area contributed by atoms with E-state index in [0.29, 0.717) is 19.1 Å². The molecule has 1 atom stereocenters. The van der Waals surface area contributed by atoms with Gasteiger partial charge in [-0.1, -0.05) is 18.2 Å². The zero-order valence-electron chi connectivity index (χ0n) is 13.3. The summed E-state index contributed by atoms with van der Waals surface area (Å²) < 4.78 is 5.35. The van der Waals surface area contributed by atoms with Gasteiger partial charge in [0.2, 0.25) is 0 Å². The van der Waals surface area contributed by atoms with Gasteiger partial charge in [0.05, 0.1) is 6.61 Å². The largest absolute Gasteiger partial charge is 0.465 e. The molecule has 0 radical (unpaired) electrons. The number of hydrogen-bond acceptors (Lipinski definition) is 4. The van der Waals surface area contributed by atoms with Gasteiger partial charge in [-0.05, 0) is 51.8 Å². The van der Waals surface area contributed by atoms with Gasteiger partial charge in [-0.25, -0.2) is 4.79 Å². The highest BCUT2D eigenvalue weighted by Gasteiger charge is 2.52. The van der Waals surface area contributed by atoms with Gasteiger partial charge in [0.25, 0.3) is 0 Å². The lowest BCUT2D eigenvalue weighted by molar-refractivity contribution is -0.151. The summed E-state index contributed by atoms with van der Waals surface area (Å²) in [5.74, 6) is 0.253. The minimum Gasteiger partial charge on any atom is -0.465 e. The van der Waals surface area contributed by atoms with Crippen LogP contribution in [0.3, 0.4) is 0 Å². The van der Waals surface area contributed by atoms with E-state index in [0.717, 1.165) is 25.1 Å². The topological polar surface area (TPSA) is 41.6 Å². The number of rotatable bonds is 8. The van der Waals surface area contributed by atoms with Gasteiger partial charge in [0.15, 0.2) is 0 Å². The number of carbonyl (C=O) groups excluding carboxylic acids is 1. The molecule has 0 heterocycles. The molecule has 0 saturated heterocycles. The molecule has 4 heteroatoms. The molecular weight excluding hydrogens is 264 g/mol. The summed E-state index contributed by atoms with van der Waals surface area (Å²) in [6, 6.07) is 10.2.